The predicted octanol–water partition coefficient (Wildman–Crippen LogP) is 4.63. The fourth-order valence-electron chi connectivity index (χ4n) is 7.00. The van der Waals surface area contributed by atoms with E-state index >= 15 is 0 Å². The number of hydrogen-bond donors (Lipinski definition) is 2. The smallest absolute Gasteiger partial charge is 0.254 e. The number of ether oxygens (including phenoxy) is 2. The van der Waals surface area contributed by atoms with Crippen molar-refractivity contribution < 1.29 is 29.0 Å². The van der Waals surface area contributed by atoms with E-state index in [9.17, 15) is 19.5 Å². The lowest BCUT2D eigenvalue weighted by Crippen LogP contribution is -2.75. The van der Waals surface area contributed by atoms with E-state index in [1.807, 2.05) is 55.1 Å². The van der Waals surface area contributed by atoms with Crippen molar-refractivity contribution in [1.82, 2.24) is 20.0 Å². The van der Waals surface area contributed by atoms with E-state index in [4.69, 9.17) is 9.47 Å². The molecule has 2 atom stereocenters. The molecule has 3 aliphatic rings. The van der Waals surface area contributed by atoms with Gasteiger partial charge < -0.3 is 29.7 Å². The molecule has 0 unspecified atom stereocenters. The third kappa shape index (κ3) is 8.28. The number of likely N-dealkylation sites (tertiary alicyclic amines) is 1. The third-order valence-electron chi connectivity index (χ3n) is 10.0. The number of amides is 3. The minimum Gasteiger partial charge on any atom is -0.457 e. The van der Waals surface area contributed by atoms with Crippen molar-refractivity contribution >= 4 is 30.1 Å². The van der Waals surface area contributed by atoms with Crippen LogP contribution in [0.1, 0.15) is 75.2 Å². The molecule has 0 saturated carbocycles. The predicted molar refractivity (Wildman–Crippen MR) is 183 cm³/mol. The normalized spacial score (nSPS) is 20.6. The number of nitrogens with one attached hydrogen (secondary N) is 1. The highest BCUT2D eigenvalue weighted by Crippen LogP contribution is 2.35. The van der Waals surface area contributed by atoms with Crippen LogP contribution in [0.5, 0.6) is 11.5 Å². The molecule has 0 aliphatic carbocycles. The Labute approximate surface area is 285 Å². The number of piperazine rings is 1. The first kappa shape index (κ1) is 36.7. The molecule has 3 saturated heterocycles. The first-order valence-corrected chi connectivity index (χ1v) is 17.1. The second kappa shape index (κ2) is 16.8. The Bertz CT molecular complexity index is 1320. The molecule has 2 aromatic carbocycles. The van der Waals surface area contributed by atoms with Crippen molar-refractivity contribution in [2.24, 2.45) is 5.92 Å². The lowest BCUT2D eigenvalue weighted by atomic mass is 9.79. The highest BCUT2D eigenvalue weighted by atomic mass is 35.5. The zero-order valence-corrected chi connectivity index (χ0v) is 28.8. The molecule has 258 valence electrons. The molecule has 2 aromatic rings. The second-order valence-corrected chi connectivity index (χ2v) is 12.8. The number of carbonyl (C=O) groups excluding carboxylic acids is 3. The zero-order valence-electron chi connectivity index (χ0n) is 28.0. The first-order chi connectivity index (χ1) is 22.3. The molecule has 5 rings (SSSR count). The van der Waals surface area contributed by atoms with Crippen molar-refractivity contribution in [2.75, 3.05) is 45.9 Å². The van der Waals surface area contributed by atoms with Crippen molar-refractivity contribution in [2.45, 2.75) is 83.5 Å². The Kier molecular flexibility index (Phi) is 13.1. The number of morpholine rings is 1. The highest BCUT2D eigenvalue weighted by Gasteiger charge is 2.55. The van der Waals surface area contributed by atoms with Crippen LogP contribution < -0.4 is 10.1 Å². The van der Waals surface area contributed by atoms with E-state index in [-0.39, 0.29) is 36.0 Å². The molecule has 10 nitrogen and oxygen atoms in total. The average molecular weight is 671 g/mol. The molecule has 0 aromatic heterocycles. The van der Waals surface area contributed by atoms with Crippen molar-refractivity contribution in [3.63, 3.8) is 0 Å². The lowest BCUT2D eigenvalue weighted by molar-refractivity contribution is -0.165. The van der Waals surface area contributed by atoms with Crippen LogP contribution in [0.15, 0.2) is 48.5 Å². The van der Waals surface area contributed by atoms with E-state index in [0.717, 1.165) is 37.8 Å². The quantitative estimate of drug-likeness (QED) is 0.339. The summed E-state index contributed by atoms with van der Waals surface area (Å²) in [7, 11) is 0. The molecule has 11 heteroatoms. The number of halogens is 1. The minimum absolute atomic E-state index is 0. The summed E-state index contributed by atoms with van der Waals surface area (Å²) in [6, 6.07) is 14.3. The molecule has 47 heavy (non-hydrogen) atoms. The second-order valence-electron chi connectivity index (χ2n) is 12.8. The van der Waals surface area contributed by atoms with E-state index in [0.29, 0.717) is 75.8 Å². The van der Waals surface area contributed by atoms with Crippen LogP contribution in [0.3, 0.4) is 0 Å². The van der Waals surface area contributed by atoms with Gasteiger partial charge in [-0.05, 0) is 67.1 Å². The van der Waals surface area contributed by atoms with Crippen LogP contribution >= 0.6 is 12.4 Å². The van der Waals surface area contributed by atoms with Gasteiger partial charge in [0.2, 0.25) is 11.8 Å². The molecule has 3 amide bonds. The van der Waals surface area contributed by atoms with Gasteiger partial charge in [-0.3, -0.25) is 19.3 Å². The maximum absolute atomic E-state index is 13.8. The van der Waals surface area contributed by atoms with Crippen molar-refractivity contribution in [3.8, 4) is 11.5 Å². The van der Waals surface area contributed by atoms with Gasteiger partial charge in [-0.15, -0.1) is 12.4 Å². The Morgan fingerprint density at radius 2 is 1.55 bits per heavy atom. The summed E-state index contributed by atoms with van der Waals surface area (Å²) in [6.07, 6.45) is 3.50. The maximum Gasteiger partial charge on any atom is 0.254 e. The number of hydrogen-bond acceptors (Lipinski definition) is 7. The first-order valence-electron chi connectivity index (χ1n) is 17.1. The standard InChI is InChI=1S/C36H50N4O6.ClH/c1-4-7-18-40-34(43)31(32(41)27(5-2)6-3)37-35(44)36(40)16-19-38(20-17-36)25-26-8-12-29(13-9-26)46-30-14-10-28(11-15-30)33(42)39-21-23-45-24-22-39;/h8-15,27,31-32,41H,4-7,16-25H2,1-3H3,(H,37,44);1H/t31-,32-;/m1./s1. The van der Waals surface area contributed by atoms with Crippen LogP contribution in [0.2, 0.25) is 0 Å². The van der Waals surface area contributed by atoms with Gasteiger partial charge in [-0.25, -0.2) is 0 Å². The van der Waals surface area contributed by atoms with Gasteiger partial charge in [0.05, 0.1) is 19.3 Å². The van der Waals surface area contributed by atoms with Gasteiger partial charge in [0.1, 0.15) is 23.1 Å². The van der Waals surface area contributed by atoms with Gasteiger partial charge in [0.25, 0.3) is 5.91 Å². The van der Waals surface area contributed by atoms with E-state index < -0.39 is 17.7 Å². The van der Waals surface area contributed by atoms with Crippen molar-refractivity contribution in [3.05, 3.63) is 59.7 Å². The maximum atomic E-state index is 13.8. The third-order valence-corrected chi connectivity index (χ3v) is 10.0. The van der Waals surface area contributed by atoms with Gasteiger partial charge in [-0.1, -0.05) is 52.2 Å². The van der Waals surface area contributed by atoms with E-state index in [2.05, 4.69) is 17.1 Å². The monoisotopic (exact) mass is 670 g/mol. The number of piperidine rings is 1. The number of aliphatic hydroxyl groups is 1. The SMILES string of the molecule is CCCCN1C(=O)[C@@H]([C@H](O)C(CC)CC)NC(=O)C12CCN(Cc1ccc(Oc3ccc(C(=O)N4CCOCC4)cc3)cc1)CC2.Cl. The Hall–Kier alpha value is -3.18. The average Bonchev–Trinajstić information content (AvgIpc) is 3.09. The number of aliphatic hydroxyl groups excluding tert-OH is 1. The number of unbranched alkanes of at least 4 members (excludes halogenated alkanes) is 1. The highest BCUT2D eigenvalue weighted by molar-refractivity contribution is 6.00. The molecule has 2 N–H and O–H groups in total. The van der Waals surface area contributed by atoms with E-state index in [1.165, 1.54) is 0 Å². The van der Waals surface area contributed by atoms with Crippen LogP contribution in [0, 0.1) is 5.92 Å². The number of carbonyl (C=O) groups is 3. The zero-order chi connectivity index (χ0) is 32.7. The number of benzene rings is 2. The van der Waals surface area contributed by atoms with Crippen LogP contribution in [0.25, 0.3) is 0 Å². The van der Waals surface area contributed by atoms with Gasteiger partial charge in [-0.2, -0.15) is 0 Å². The number of nitrogens with zero attached hydrogens (tertiary/aromatic N) is 3. The summed E-state index contributed by atoms with van der Waals surface area (Å²) in [6.45, 7) is 11.1. The Morgan fingerprint density at radius 3 is 2.13 bits per heavy atom. The molecule has 3 aliphatic heterocycles. The van der Waals surface area contributed by atoms with Crippen molar-refractivity contribution in [1.29, 1.82) is 0 Å². The Balaban J connectivity index is 0.00000500. The summed E-state index contributed by atoms with van der Waals surface area (Å²) in [5, 5.41) is 14.0. The molecular formula is C36H51ClN4O6. The molecule has 1 spiro atoms. The summed E-state index contributed by atoms with van der Waals surface area (Å²) < 4.78 is 11.4. The molecule has 3 fully saturated rings. The Morgan fingerprint density at radius 1 is 0.957 bits per heavy atom. The molecule has 3 heterocycles. The topological polar surface area (TPSA) is 112 Å². The molecular weight excluding hydrogens is 620 g/mol. The summed E-state index contributed by atoms with van der Waals surface area (Å²) in [4.78, 5) is 46.1. The van der Waals surface area contributed by atoms with Gasteiger partial charge >= 0.3 is 0 Å². The number of rotatable bonds is 12. The fourth-order valence-corrected chi connectivity index (χ4v) is 7.00. The van der Waals surface area contributed by atoms with Crippen LogP contribution in [0.4, 0.5) is 0 Å². The fraction of sp³-hybridized carbons (Fsp3) is 0.583. The lowest BCUT2D eigenvalue weighted by Gasteiger charge is -2.52. The van der Waals surface area contributed by atoms with Gasteiger partial charge in [0.15, 0.2) is 0 Å². The molecule has 0 bridgehead atoms. The van der Waals surface area contributed by atoms with Gasteiger partial charge in [0, 0.05) is 44.8 Å². The molecule has 0 radical (unpaired) electrons. The van der Waals surface area contributed by atoms with E-state index in [1.54, 1.807) is 17.0 Å². The van der Waals surface area contributed by atoms with Crippen LogP contribution in [-0.2, 0) is 20.9 Å². The summed E-state index contributed by atoms with van der Waals surface area (Å²) in [5.41, 5.74) is 0.901. The summed E-state index contributed by atoms with van der Waals surface area (Å²) in [5.74, 6) is 1.07. The summed E-state index contributed by atoms with van der Waals surface area (Å²) >= 11 is 0. The van der Waals surface area contributed by atoms with Crippen LogP contribution in [-0.4, -0.2) is 101 Å². The largest absolute Gasteiger partial charge is 0.457 e. The minimum atomic E-state index is -0.885.